The van der Waals surface area contributed by atoms with Gasteiger partial charge in [-0.25, -0.2) is 10.5 Å². The van der Waals surface area contributed by atoms with E-state index in [0.717, 1.165) is 5.56 Å². The van der Waals surface area contributed by atoms with Crippen LogP contribution in [0.25, 0.3) is 0 Å². The third-order valence-electron chi connectivity index (χ3n) is 3.29. The first-order chi connectivity index (χ1) is 10.7. The maximum Gasteiger partial charge on any atom is 0.293 e. The third kappa shape index (κ3) is 3.67. The van der Waals surface area contributed by atoms with E-state index in [1.54, 1.807) is 6.07 Å². The lowest BCUT2D eigenvalue weighted by atomic mass is 9.95. The van der Waals surface area contributed by atoms with Crippen LogP contribution in [-0.2, 0) is 4.79 Å². The highest BCUT2D eigenvalue weighted by molar-refractivity contribution is 5.96. The summed E-state index contributed by atoms with van der Waals surface area (Å²) in [6.45, 7) is 1.95. The van der Waals surface area contributed by atoms with E-state index < -0.39 is 5.91 Å². The number of carbonyl (C=O) groups excluding carboxylic acids is 2. The van der Waals surface area contributed by atoms with E-state index >= 15 is 0 Å². The van der Waals surface area contributed by atoms with Gasteiger partial charge >= 0.3 is 0 Å². The van der Waals surface area contributed by atoms with E-state index in [0.29, 0.717) is 12.1 Å². The summed E-state index contributed by atoms with van der Waals surface area (Å²) >= 11 is 0. The summed E-state index contributed by atoms with van der Waals surface area (Å²) < 4.78 is 0. The molecule has 6 nitrogen and oxygen atoms in total. The second kappa shape index (κ2) is 7.33. The summed E-state index contributed by atoms with van der Waals surface area (Å²) in [5.74, 6) is -1.08. The van der Waals surface area contributed by atoms with Gasteiger partial charge in [0, 0.05) is 0 Å². The SMILES string of the molecule is CCC(C(=O)Nc1ccc(C(=O)NO)nc1)c1ccccc1. The number of nitrogens with zero attached hydrogens (tertiary/aromatic N) is 1. The second-order valence-electron chi connectivity index (χ2n) is 4.73. The summed E-state index contributed by atoms with van der Waals surface area (Å²) in [6.07, 6.45) is 2.05. The molecule has 0 saturated carbocycles. The highest BCUT2D eigenvalue weighted by Gasteiger charge is 2.18. The van der Waals surface area contributed by atoms with Crippen molar-refractivity contribution in [2.24, 2.45) is 0 Å². The first kappa shape index (κ1) is 15.7. The van der Waals surface area contributed by atoms with Gasteiger partial charge in [0.1, 0.15) is 5.69 Å². The number of anilines is 1. The number of hydrogen-bond donors (Lipinski definition) is 3. The standard InChI is InChI=1S/C16H17N3O3/c1-2-13(11-6-4-3-5-7-11)15(20)18-12-8-9-14(17-10-12)16(21)19-22/h3-10,13,22H,2H2,1H3,(H,18,20)(H,19,21). The van der Waals surface area contributed by atoms with E-state index in [-0.39, 0.29) is 17.5 Å². The Balaban J connectivity index is 2.09. The Morgan fingerprint density at radius 1 is 1.18 bits per heavy atom. The zero-order valence-electron chi connectivity index (χ0n) is 12.1. The number of pyridine rings is 1. The van der Waals surface area contributed by atoms with Gasteiger partial charge in [0.2, 0.25) is 5.91 Å². The topological polar surface area (TPSA) is 91.3 Å². The van der Waals surface area contributed by atoms with Crippen LogP contribution in [0.3, 0.4) is 0 Å². The minimum atomic E-state index is -0.700. The van der Waals surface area contributed by atoms with Crippen LogP contribution in [0, 0.1) is 0 Å². The fourth-order valence-corrected chi connectivity index (χ4v) is 2.15. The van der Waals surface area contributed by atoms with E-state index in [9.17, 15) is 9.59 Å². The quantitative estimate of drug-likeness (QED) is 0.583. The molecule has 1 unspecified atom stereocenters. The van der Waals surface area contributed by atoms with Crippen molar-refractivity contribution in [1.29, 1.82) is 0 Å². The number of benzene rings is 1. The maximum atomic E-state index is 12.4. The van der Waals surface area contributed by atoms with Crippen molar-refractivity contribution in [3.63, 3.8) is 0 Å². The molecule has 114 valence electrons. The lowest BCUT2D eigenvalue weighted by molar-refractivity contribution is -0.117. The minimum Gasteiger partial charge on any atom is -0.324 e. The third-order valence-corrected chi connectivity index (χ3v) is 3.29. The first-order valence-corrected chi connectivity index (χ1v) is 6.92. The van der Waals surface area contributed by atoms with Crippen LogP contribution in [0.1, 0.15) is 35.3 Å². The summed E-state index contributed by atoms with van der Waals surface area (Å²) in [7, 11) is 0. The minimum absolute atomic E-state index is 0.0654. The number of aromatic nitrogens is 1. The lowest BCUT2D eigenvalue weighted by Crippen LogP contribution is -2.22. The molecule has 0 fully saturated rings. The molecular weight excluding hydrogens is 282 g/mol. The van der Waals surface area contributed by atoms with Crippen LogP contribution in [0.15, 0.2) is 48.7 Å². The van der Waals surface area contributed by atoms with Crippen LogP contribution < -0.4 is 10.8 Å². The predicted molar refractivity (Wildman–Crippen MR) is 81.6 cm³/mol. The van der Waals surface area contributed by atoms with Gasteiger partial charge in [0.25, 0.3) is 5.91 Å². The Labute approximate surface area is 128 Å². The molecular formula is C16H17N3O3. The number of hydrogen-bond acceptors (Lipinski definition) is 4. The number of rotatable bonds is 5. The van der Waals surface area contributed by atoms with Crippen molar-refractivity contribution in [2.75, 3.05) is 5.32 Å². The predicted octanol–water partition coefficient (Wildman–Crippen LogP) is 2.33. The van der Waals surface area contributed by atoms with Crippen molar-refractivity contribution in [3.8, 4) is 0 Å². The monoisotopic (exact) mass is 299 g/mol. The Morgan fingerprint density at radius 2 is 1.91 bits per heavy atom. The molecule has 2 rings (SSSR count). The number of amides is 2. The van der Waals surface area contributed by atoms with Crippen molar-refractivity contribution in [2.45, 2.75) is 19.3 Å². The normalized spacial score (nSPS) is 11.5. The lowest BCUT2D eigenvalue weighted by Gasteiger charge is -2.15. The van der Waals surface area contributed by atoms with Gasteiger partial charge in [-0.05, 0) is 24.1 Å². The number of hydroxylamine groups is 1. The van der Waals surface area contributed by atoms with E-state index in [4.69, 9.17) is 5.21 Å². The number of carbonyl (C=O) groups is 2. The van der Waals surface area contributed by atoms with Gasteiger partial charge in [-0.15, -0.1) is 0 Å². The van der Waals surface area contributed by atoms with Crippen LogP contribution in [-0.4, -0.2) is 22.0 Å². The zero-order valence-corrected chi connectivity index (χ0v) is 12.1. The van der Waals surface area contributed by atoms with Crippen molar-refractivity contribution in [1.82, 2.24) is 10.5 Å². The molecule has 2 amide bonds. The fourth-order valence-electron chi connectivity index (χ4n) is 2.15. The molecule has 0 aliphatic carbocycles. The largest absolute Gasteiger partial charge is 0.324 e. The summed E-state index contributed by atoms with van der Waals surface area (Å²) in [5, 5.41) is 11.3. The van der Waals surface area contributed by atoms with Crippen LogP contribution in [0.2, 0.25) is 0 Å². The first-order valence-electron chi connectivity index (χ1n) is 6.92. The van der Waals surface area contributed by atoms with Gasteiger partial charge in [-0.3, -0.25) is 14.8 Å². The average Bonchev–Trinajstić information content (AvgIpc) is 2.56. The summed E-state index contributed by atoms with van der Waals surface area (Å²) in [6, 6.07) is 12.5. The highest BCUT2D eigenvalue weighted by atomic mass is 16.5. The molecule has 0 aliphatic rings. The molecule has 2 aromatic rings. The fraction of sp³-hybridized carbons (Fsp3) is 0.188. The van der Waals surface area contributed by atoms with Gasteiger partial charge in [0.05, 0.1) is 17.8 Å². The van der Waals surface area contributed by atoms with Crippen molar-refractivity contribution >= 4 is 17.5 Å². The molecule has 0 radical (unpaired) electrons. The molecule has 1 aromatic carbocycles. The Bertz CT molecular complexity index is 641. The summed E-state index contributed by atoms with van der Waals surface area (Å²) in [5.41, 5.74) is 3.01. The zero-order chi connectivity index (χ0) is 15.9. The Morgan fingerprint density at radius 3 is 2.45 bits per heavy atom. The van der Waals surface area contributed by atoms with Crippen molar-refractivity contribution < 1.29 is 14.8 Å². The smallest absolute Gasteiger partial charge is 0.293 e. The Hall–Kier alpha value is -2.73. The molecule has 6 heteroatoms. The van der Waals surface area contributed by atoms with Crippen molar-refractivity contribution in [3.05, 3.63) is 59.9 Å². The second-order valence-corrected chi connectivity index (χ2v) is 4.73. The molecule has 0 spiro atoms. The molecule has 1 aromatic heterocycles. The van der Waals surface area contributed by atoms with Crippen LogP contribution >= 0.6 is 0 Å². The molecule has 3 N–H and O–H groups in total. The Kier molecular flexibility index (Phi) is 5.21. The average molecular weight is 299 g/mol. The van der Waals surface area contributed by atoms with Gasteiger partial charge < -0.3 is 5.32 Å². The van der Waals surface area contributed by atoms with Crippen LogP contribution in [0.5, 0.6) is 0 Å². The van der Waals surface area contributed by atoms with Gasteiger partial charge in [0.15, 0.2) is 0 Å². The molecule has 1 heterocycles. The molecule has 0 saturated heterocycles. The molecule has 0 aliphatic heterocycles. The van der Waals surface area contributed by atoms with E-state index in [2.05, 4.69) is 10.3 Å². The maximum absolute atomic E-state index is 12.4. The summed E-state index contributed by atoms with van der Waals surface area (Å²) in [4.78, 5) is 27.4. The molecule has 0 bridgehead atoms. The van der Waals surface area contributed by atoms with E-state index in [1.807, 2.05) is 37.3 Å². The van der Waals surface area contributed by atoms with Gasteiger partial charge in [-0.1, -0.05) is 37.3 Å². The molecule has 22 heavy (non-hydrogen) atoms. The molecule has 1 atom stereocenters. The number of nitrogens with one attached hydrogen (secondary N) is 2. The van der Waals surface area contributed by atoms with Gasteiger partial charge in [-0.2, -0.15) is 0 Å². The highest BCUT2D eigenvalue weighted by Crippen LogP contribution is 2.21. The van der Waals surface area contributed by atoms with E-state index in [1.165, 1.54) is 17.7 Å². The van der Waals surface area contributed by atoms with Crippen LogP contribution in [0.4, 0.5) is 5.69 Å².